The van der Waals surface area contributed by atoms with Crippen LogP contribution in [0.4, 0.5) is 5.95 Å². The van der Waals surface area contributed by atoms with Crippen LogP contribution in [0.25, 0.3) is 11.3 Å². The molecule has 2 aromatic heterocycles. The lowest BCUT2D eigenvalue weighted by molar-refractivity contribution is 0.459. The van der Waals surface area contributed by atoms with Crippen molar-refractivity contribution in [3.05, 3.63) is 95.8 Å². The van der Waals surface area contributed by atoms with E-state index in [2.05, 4.69) is 25.3 Å². The zero-order valence-electron chi connectivity index (χ0n) is 21.0. The fourth-order valence-corrected chi connectivity index (χ4v) is 5.07. The first kappa shape index (κ1) is 25.9. The molecule has 2 aromatic carbocycles. The van der Waals surface area contributed by atoms with Gasteiger partial charge in [0.05, 0.1) is 17.3 Å². The highest BCUT2D eigenvalue weighted by Gasteiger charge is 2.20. The molecule has 1 fully saturated rings. The predicted octanol–water partition coefficient (Wildman–Crippen LogP) is 4.28. The van der Waals surface area contributed by atoms with E-state index in [0.717, 1.165) is 48.2 Å². The molecule has 3 atom stereocenters. The Morgan fingerprint density at radius 1 is 1.05 bits per heavy atom. The van der Waals surface area contributed by atoms with Crippen molar-refractivity contribution in [2.45, 2.75) is 31.8 Å². The standard InChI is InChI=1S/C28H30N6O3S/c1-19-22(26(34-38(35)36)20-8-3-2-4-9-20)11-5-13-25(19)37-27-23(12-7-16-30-27)24-14-17-31-28(33-24)32-21-10-6-15-29-18-21/h2-5,7-9,11-14,16-17,21,26,29,34H,6,10,15,18H2,1H3,(H,35,36)(H,31,32,33)/p-1/t21-,26-/m0/s1. The molecule has 9 nitrogen and oxygen atoms in total. The van der Waals surface area contributed by atoms with Gasteiger partial charge in [-0.3, -0.25) is 4.21 Å². The SMILES string of the molecule is Cc1c(Oc2ncccc2-c2ccnc(N[C@H]3CCCNC3)n2)cccc1[C@@H](NS(=O)[O-])c1ccccc1. The van der Waals surface area contributed by atoms with Gasteiger partial charge >= 0.3 is 0 Å². The van der Waals surface area contributed by atoms with Crippen molar-refractivity contribution in [1.82, 2.24) is 25.0 Å². The second-order valence-electron chi connectivity index (χ2n) is 9.08. The van der Waals surface area contributed by atoms with Crippen molar-refractivity contribution >= 4 is 17.2 Å². The molecule has 3 N–H and O–H groups in total. The number of piperidine rings is 1. The van der Waals surface area contributed by atoms with Crippen LogP contribution in [0, 0.1) is 6.92 Å². The summed E-state index contributed by atoms with van der Waals surface area (Å²) in [7, 11) is 0. The molecule has 0 spiro atoms. The van der Waals surface area contributed by atoms with Gasteiger partial charge in [-0.15, -0.1) is 0 Å². The smallest absolute Gasteiger partial charge is 0.228 e. The fourth-order valence-electron chi connectivity index (χ4n) is 4.61. The van der Waals surface area contributed by atoms with E-state index < -0.39 is 17.3 Å². The summed E-state index contributed by atoms with van der Waals surface area (Å²) in [6, 6.07) is 20.3. The van der Waals surface area contributed by atoms with Gasteiger partial charge in [0.1, 0.15) is 5.75 Å². The molecule has 1 aliphatic heterocycles. The minimum Gasteiger partial charge on any atom is -0.760 e. The van der Waals surface area contributed by atoms with Gasteiger partial charge in [-0.05, 0) is 67.3 Å². The van der Waals surface area contributed by atoms with Crippen LogP contribution in [-0.2, 0) is 11.3 Å². The molecule has 10 heteroatoms. The highest BCUT2D eigenvalue weighted by molar-refractivity contribution is 7.77. The van der Waals surface area contributed by atoms with Crippen LogP contribution in [0.2, 0.25) is 0 Å². The monoisotopic (exact) mass is 529 g/mol. The highest BCUT2D eigenvalue weighted by atomic mass is 32.2. The second kappa shape index (κ2) is 12.2. The summed E-state index contributed by atoms with van der Waals surface area (Å²) < 4.78 is 32.2. The summed E-state index contributed by atoms with van der Waals surface area (Å²) in [5.74, 6) is 1.53. The maximum absolute atomic E-state index is 11.6. The first-order chi connectivity index (χ1) is 18.6. The number of nitrogens with zero attached hydrogens (tertiary/aromatic N) is 3. The minimum absolute atomic E-state index is 0.281. The van der Waals surface area contributed by atoms with E-state index in [0.29, 0.717) is 23.3 Å². The summed E-state index contributed by atoms with van der Waals surface area (Å²) in [4.78, 5) is 13.6. The first-order valence-corrected chi connectivity index (χ1v) is 13.6. The lowest BCUT2D eigenvalue weighted by atomic mass is 9.95. The third-order valence-electron chi connectivity index (χ3n) is 6.52. The molecule has 0 aliphatic carbocycles. The number of rotatable bonds is 9. The van der Waals surface area contributed by atoms with E-state index >= 15 is 0 Å². The van der Waals surface area contributed by atoms with Crippen LogP contribution < -0.4 is 20.1 Å². The topological polar surface area (TPSA) is 124 Å². The lowest BCUT2D eigenvalue weighted by Crippen LogP contribution is -2.38. The van der Waals surface area contributed by atoms with Gasteiger partial charge in [-0.25, -0.2) is 19.7 Å². The first-order valence-electron chi connectivity index (χ1n) is 12.5. The maximum Gasteiger partial charge on any atom is 0.228 e. The van der Waals surface area contributed by atoms with Crippen LogP contribution in [0.1, 0.15) is 35.6 Å². The molecule has 0 radical (unpaired) electrons. The third-order valence-corrected chi connectivity index (χ3v) is 6.95. The fraction of sp³-hybridized carbons (Fsp3) is 0.250. The highest BCUT2D eigenvalue weighted by Crippen LogP contribution is 2.35. The van der Waals surface area contributed by atoms with Gasteiger partial charge in [-0.2, -0.15) is 0 Å². The Morgan fingerprint density at radius 2 is 1.92 bits per heavy atom. The Kier molecular flexibility index (Phi) is 8.34. The molecule has 0 bridgehead atoms. The number of benzene rings is 2. The van der Waals surface area contributed by atoms with Crippen molar-refractivity contribution in [3.63, 3.8) is 0 Å². The number of anilines is 1. The van der Waals surface area contributed by atoms with Crippen molar-refractivity contribution < 1.29 is 13.5 Å². The number of pyridine rings is 1. The van der Waals surface area contributed by atoms with E-state index in [1.54, 1.807) is 12.4 Å². The summed E-state index contributed by atoms with van der Waals surface area (Å²) in [6.45, 7) is 3.82. The molecule has 1 aliphatic rings. The summed E-state index contributed by atoms with van der Waals surface area (Å²) in [5, 5.41) is 6.81. The molecule has 3 heterocycles. The van der Waals surface area contributed by atoms with Crippen molar-refractivity contribution in [2.24, 2.45) is 0 Å². The van der Waals surface area contributed by atoms with Crippen LogP contribution in [0.3, 0.4) is 0 Å². The quantitative estimate of drug-likeness (QED) is 0.275. The zero-order valence-corrected chi connectivity index (χ0v) is 21.8. The minimum atomic E-state index is -2.46. The average molecular weight is 530 g/mol. The molecule has 196 valence electrons. The molecule has 38 heavy (non-hydrogen) atoms. The predicted molar refractivity (Wildman–Crippen MR) is 146 cm³/mol. The number of aromatic nitrogens is 3. The van der Waals surface area contributed by atoms with E-state index in [1.165, 1.54) is 0 Å². The number of nitrogens with one attached hydrogen (secondary N) is 3. The second-order valence-corrected chi connectivity index (χ2v) is 9.78. The van der Waals surface area contributed by atoms with Crippen molar-refractivity contribution in [1.29, 1.82) is 0 Å². The van der Waals surface area contributed by atoms with Crippen LogP contribution >= 0.6 is 0 Å². The van der Waals surface area contributed by atoms with Gasteiger partial charge < -0.3 is 19.9 Å². The summed E-state index contributed by atoms with van der Waals surface area (Å²) in [5.41, 5.74) is 3.82. The summed E-state index contributed by atoms with van der Waals surface area (Å²) >= 11 is -2.46. The van der Waals surface area contributed by atoms with E-state index in [-0.39, 0.29) is 6.04 Å². The molecular formula is C28H29N6O3S-. The molecule has 4 aromatic rings. The number of ether oxygens (including phenoxy) is 1. The van der Waals surface area contributed by atoms with Gasteiger partial charge in [0, 0.05) is 36.2 Å². The molecule has 5 rings (SSSR count). The largest absolute Gasteiger partial charge is 0.760 e. The number of hydrogen-bond donors (Lipinski definition) is 3. The molecule has 0 amide bonds. The van der Waals surface area contributed by atoms with Crippen molar-refractivity contribution in [2.75, 3.05) is 18.4 Å². The van der Waals surface area contributed by atoms with Gasteiger partial charge in [0.25, 0.3) is 0 Å². The van der Waals surface area contributed by atoms with E-state index in [4.69, 9.17) is 9.72 Å². The average Bonchev–Trinajstić information content (AvgIpc) is 2.94. The Labute approximate surface area is 224 Å². The molecular weight excluding hydrogens is 500 g/mol. The number of hydrogen-bond acceptors (Lipinski definition) is 8. The van der Waals surface area contributed by atoms with Crippen LogP contribution in [0.5, 0.6) is 11.6 Å². The Balaban J connectivity index is 1.44. The third kappa shape index (κ3) is 6.22. The van der Waals surface area contributed by atoms with Gasteiger partial charge in [-0.1, -0.05) is 42.5 Å². The summed E-state index contributed by atoms with van der Waals surface area (Å²) in [6.07, 6.45) is 5.57. The van der Waals surface area contributed by atoms with Gasteiger partial charge in [0.15, 0.2) is 0 Å². The van der Waals surface area contributed by atoms with Crippen molar-refractivity contribution in [3.8, 4) is 22.9 Å². The molecule has 1 saturated heterocycles. The van der Waals surface area contributed by atoms with E-state index in [9.17, 15) is 8.76 Å². The van der Waals surface area contributed by atoms with Crippen LogP contribution in [-0.4, -0.2) is 42.8 Å². The Hall–Kier alpha value is -3.70. The molecule has 0 saturated carbocycles. The molecule has 1 unspecified atom stereocenters. The Morgan fingerprint density at radius 3 is 2.71 bits per heavy atom. The van der Waals surface area contributed by atoms with E-state index in [1.807, 2.05) is 73.7 Å². The zero-order chi connectivity index (χ0) is 26.3. The van der Waals surface area contributed by atoms with Gasteiger partial charge in [0.2, 0.25) is 11.8 Å². The van der Waals surface area contributed by atoms with Crippen LogP contribution in [0.15, 0.2) is 79.1 Å². The Bertz CT molecular complexity index is 1400. The normalized spacial score (nSPS) is 16.9. The lowest BCUT2D eigenvalue weighted by Gasteiger charge is -2.24. The maximum atomic E-state index is 11.6.